The highest BCUT2D eigenvalue weighted by atomic mass is 19.2. The van der Waals surface area contributed by atoms with Crippen LogP contribution in [0, 0.1) is 18.6 Å². The SMILES string of the molecule is Cc1ccc(C(C)(O)CC2CCCCN2)c(F)c1F. The molecule has 0 aliphatic carbocycles. The molecule has 0 aromatic heterocycles. The first-order valence-electron chi connectivity index (χ1n) is 6.82. The maximum absolute atomic E-state index is 14.0. The lowest BCUT2D eigenvalue weighted by Crippen LogP contribution is -2.40. The number of hydrogen-bond donors (Lipinski definition) is 2. The second kappa shape index (κ2) is 5.55. The molecule has 2 N–H and O–H groups in total. The summed E-state index contributed by atoms with van der Waals surface area (Å²) in [6, 6.07) is 3.15. The summed E-state index contributed by atoms with van der Waals surface area (Å²) in [4.78, 5) is 0. The van der Waals surface area contributed by atoms with E-state index in [1.165, 1.54) is 19.1 Å². The molecule has 1 aromatic carbocycles. The van der Waals surface area contributed by atoms with Gasteiger partial charge in [-0.1, -0.05) is 18.6 Å². The minimum atomic E-state index is -1.35. The fourth-order valence-corrected chi connectivity index (χ4v) is 2.75. The maximum Gasteiger partial charge on any atom is 0.165 e. The van der Waals surface area contributed by atoms with Crippen LogP contribution in [0.5, 0.6) is 0 Å². The van der Waals surface area contributed by atoms with Gasteiger partial charge in [0.25, 0.3) is 0 Å². The Hall–Kier alpha value is -1.00. The summed E-state index contributed by atoms with van der Waals surface area (Å²) in [5.74, 6) is -1.80. The zero-order valence-corrected chi connectivity index (χ0v) is 11.5. The Morgan fingerprint density at radius 3 is 2.68 bits per heavy atom. The lowest BCUT2D eigenvalue weighted by Gasteiger charge is -2.32. The monoisotopic (exact) mass is 269 g/mol. The Labute approximate surface area is 112 Å². The van der Waals surface area contributed by atoms with E-state index >= 15 is 0 Å². The van der Waals surface area contributed by atoms with Gasteiger partial charge in [-0.15, -0.1) is 0 Å². The summed E-state index contributed by atoms with van der Waals surface area (Å²) in [5.41, 5.74) is -1.05. The third kappa shape index (κ3) is 3.12. The third-order valence-corrected chi connectivity index (χ3v) is 3.91. The summed E-state index contributed by atoms with van der Waals surface area (Å²) in [6.07, 6.45) is 3.60. The molecule has 4 heteroatoms. The lowest BCUT2D eigenvalue weighted by atomic mass is 9.85. The summed E-state index contributed by atoms with van der Waals surface area (Å²) in [5, 5.41) is 13.8. The molecule has 2 unspecified atom stereocenters. The number of benzene rings is 1. The van der Waals surface area contributed by atoms with Gasteiger partial charge in [-0.25, -0.2) is 8.78 Å². The smallest absolute Gasteiger partial charge is 0.165 e. The van der Waals surface area contributed by atoms with E-state index in [9.17, 15) is 13.9 Å². The van der Waals surface area contributed by atoms with Crippen molar-refractivity contribution in [3.05, 3.63) is 34.9 Å². The lowest BCUT2D eigenvalue weighted by molar-refractivity contribution is 0.0292. The largest absolute Gasteiger partial charge is 0.385 e. The minimum Gasteiger partial charge on any atom is -0.385 e. The molecular formula is C15H21F2NO. The molecule has 0 amide bonds. The van der Waals surface area contributed by atoms with E-state index in [1.54, 1.807) is 6.92 Å². The summed E-state index contributed by atoms with van der Waals surface area (Å²) in [7, 11) is 0. The van der Waals surface area contributed by atoms with Crippen molar-refractivity contribution in [2.45, 2.75) is 51.2 Å². The predicted octanol–water partition coefficient (Wildman–Crippen LogP) is 3.01. The van der Waals surface area contributed by atoms with E-state index in [0.717, 1.165) is 25.8 Å². The Morgan fingerprint density at radius 1 is 1.32 bits per heavy atom. The number of halogens is 2. The second-order valence-electron chi connectivity index (χ2n) is 5.68. The number of piperidine rings is 1. The average Bonchev–Trinajstić information content (AvgIpc) is 2.36. The molecule has 0 bridgehead atoms. The number of rotatable bonds is 3. The second-order valence-corrected chi connectivity index (χ2v) is 5.68. The van der Waals surface area contributed by atoms with Crippen molar-refractivity contribution in [3.63, 3.8) is 0 Å². The predicted molar refractivity (Wildman–Crippen MR) is 70.9 cm³/mol. The van der Waals surface area contributed by atoms with Gasteiger partial charge in [0.05, 0.1) is 5.60 Å². The van der Waals surface area contributed by atoms with Crippen LogP contribution in [0.1, 0.15) is 43.7 Å². The quantitative estimate of drug-likeness (QED) is 0.884. The molecule has 19 heavy (non-hydrogen) atoms. The molecule has 2 nitrogen and oxygen atoms in total. The Balaban J connectivity index is 2.21. The van der Waals surface area contributed by atoms with Crippen molar-refractivity contribution in [2.24, 2.45) is 0 Å². The summed E-state index contributed by atoms with van der Waals surface area (Å²) >= 11 is 0. The van der Waals surface area contributed by atoms with Crippen molar-refractivity contribution in [3.8, 4) is 0 Å². The fraction of sp³-hybridized carbons (Fsp3) is 0.600. The molecule has 0 spiro atoms. The molecule has 2 atom stereocenters. The summed E-state index contributed by atoms with van der Waals surface area (Å²) in [6.45, 7) is 3.99. The molecule has 1 aliphatic rings. The number of aryl methyl sites for hydroxylation is 1. The van der Waals surface area contributed by atoms with Crippen LogP contribution in [-0.2, 0) is 5.60 Å². The maximum atomic E-state index is 14.0. The van der Waals surface area contributed by atoms with Crippen molar-refractivity contribution >= 4 is 0 Å². The van der Waals surface area contributed by atoms with Crippen LogP contribution in [0.3, 0.4) is 0 Å². The van der Waals surface area contributed by atoms with Gasteiger partial charge in [0.2, 0.25) is 0 Å². The van der Waals surface area contributed by atoms with Gasteiger partial charge in [-0.05, 0) is 45.2 Å². The highest BCUT2D eigenvalue weighted by molar-refractivity contribution is 5.29. The van der Waals surface area contributed by atoms with Crippen LogP contribution in [0.2, 0.25) is 0 Å². The van der Waals surface area contributed by atoms with Crippen molar-refractivity contribution < 1.29 is 13.9 Å². The number of aliphatic hydroxyl groups is 1. The van der Waals surface area contributed by atoms with Gasteiger partial charge in [0, 0.05) is 11.6 Å². The van der Waals surface area contributed by atoms with Crippen LogP contribution < -0.4 is 5.32 Å². The molecule has 0 saturated carbocycles. The molecule has 1 aromatic rings. The van der Waals surface area contributed by atoms with Crippen molar-refractivity contribution in [1.82, 2.24) is 5.32 Å². The Bertz CT molecular complexity index is 454. The van der Waals surface area contributed by atoms with Gasteiger partial charge in [-0.3, -0.25) is 0 Å². The van der Waals surface area contributed by atoms with Gasteiger partial charge >= 0.3 is 0 Å². The molecule has 106 valence electrons. The molecule has 0 radical (unpaired) electrons. The molecule has 1 heterocycles. The highest BCUT2D eigenvalue weighted by Gasteiger charge is 2.32. The normalized spacial score (nSPS) is 23.1. The molecular weight excluding hydrogens is 248 g/mol. The van der Waals surface area contributed by atoms with Crippen LogP contribution in [0.25, 0.3) is 0 Å². The van der Waals surface area contributed by atoms with E-state index in [1.807, 2.05) is 0 Å². The first kappa shape index (κ1) is 14.4. The van der Waals surface area contributed by atoms with Crippen molar-refractivity contribution in [1.29, 1.82) is 0 Å². The van der Waals surface area contributed by atoms with Gasteiger partial charge < -0.3 is 10.4 Å². The van der Waals surface area contributed by atoms with E-state index in [4.69, 9.17) is 0 Å². The minimum absolute atomic E-state index is 0.0444. The van der Waals surface area contributed by atoms with Crippen LogP contribution >= 0.6 is 0 Å². The van der Waals surface area contributed by atoms with Crippen molar-refractivity contribution in [2.75, 3.05) is 6.54 Å². The Kier molecular flexibility index (Phi) is 4.21. The van der Waals surface area contributed by atoms with E-state index in [2.05, 4.69) is 5.32 Å². The highest BCUT2D eigenvalue weighted by Crippen LogP contribution is 2.31. The third-order valence-electron chi connectivity index (χ3n) is 3.91. The van der Waals surface area contributed by atoms with Crippen LogP contribution in [0.4, 0.5) is 8.78 Å². The molecule has 1 saturated heterocycles. The fourth-order valence-electron chi connectivity index (χ4n) is 2.75. The standard InChI is InChI=1S/C15H21F2NO/c1-10-6-7-12(14(17)13(10)16)15(2,19)9-11-5-3-4-8-18-11/h6-7,11,18-19H,3-5,8-9H2,1-2H3. The van der Waals surface area contributed by atoms with Gasteiger partial charge in [-0.2, -0.15) is 0 Å². The first-order valence-corrected chi connectivity index (χ1v) is 6.82. The van der Waals surface area contributed by atoms with Gasteiger partial charge in [0.15, 0.2) is 11.6 Å². The van der Waals surface area contributed by atoms with E-state index in [0.29, 0.717) is 6.42 Å². The molecule has 2 rings (SSSR count). The summed E-state index contributed by atoms with van der Waals surface area (Å²) < 4.78 is 27.6. The zero-order valence-electron chi connectivity index (χ0n) is 11.5. The molecule has 1 fully saturated rings. The topological polar surface area (TPSA) is 32.3 Å². The van der Waals surface area contributed by atoms with Crippen LogP contribution in [0.15, 0.2) is 12.1 Å². The first-order chi connectivity index (χ1) is 8.92. The van der Waals surface area contributed by atoms with E-state index in [-0.39, 0.29) is 17.2 Å². The zero-order chi connectivity index (χ0) is 14.0. The van der Waals surface area contributed by atoms with Gasteiger partial charge in [0.1, 0.15) is 0 Å². The number of nitrogens with one attached hydrogen (secondary N) is 1. The Morgan fingerprint density at radius 2 is 2.05 bits per heavy atom. The molecule has 1 aliphatic heterocycles. The van der Waals surface area contributed by atoms with Crippen LogP contribution in [-0.4, -0.2) is 17.7 Å². The number of hydrogen-bond acceptors (Lipinski definition) is 2. The average molecular weight is 269 g/mol. The van der Waals surface area contributed by atoms with E-state index < -0.39 is 17.2 Å².